The summed E-state index contributed by atoms with van der Waals surface area (Å²) in [6, 6.07) is -1.56. The number of aliphatic hydroxyl groups excluding tert-OH is 5. The molecular weight excluding hydrogens is 518 g/mol. The van der Waals surface area contributed by atoms with Crippen molar-refractivity contribution in [1.82, 2.24) is 5.32 Å². The number of nitrogens with one attached hydrogen (secondary N) is 1. The predicted octanol–water partition coefficient (Wildman–Crippen LogP) is -5.60. The molecule has 0 radical (unpaired) electrons. The van der Waals surface area contributed by atoms with E-state index in [2.05, 4.69) is 13.7 Å². The first-order chi connectivity index (χ1) is 15.5. The highest BCUT2D eigenvalue weighted by Crippen LogP contribution is 2.29. The zero-order valence-corrected chi connectivity index (χ0v) is 18.9. The van der Waals surface area contributed by atoms with E-state index >= 15 is 0 Å². The summed E-state index contributed by atoms with van der Waals surface area (Å²) >= 11 is 0. The summed E-state index contributed by atoms with van der Waals surface area (Å²) in [5.74, 6) is -0.729. The molecule has 0 aromatic carbocycles. The minimum Gasteiger partial charge on any atom is -0.388 e. The lowest BCUT2D eigenvalue weighted by atomic mass is 9.95. The van der Waals surface area contributed by atoms with Crippen LogP contribution in [-0.4, -0.2) is 132 Å². The normalized spacial score (nSPS) is 39.5. The first kappa shape index (κ1) is 29.1. The Morgan fingerprint density at radius 3 is 1.85 bits per heavy atom. The lowest BCUT2D eigenvalue weighted by Gasteiger charge is -2.46. The molecule has 0 spiro atoms. The Morgan fingerprint density at radius 1 is 0.824 bits per heavy atom. The zero-order chi connectivity index (χ0) is 26.0. The number of carbonyl (C=O) groups excluding carboxylic acids is 1. The average Bonchev–Trinajstić information content (AvgIpc) is 2.69. The van der Waals surface area contributed by atoms with Crippen LogP contribution in [0, 0.1) is 0 Å². The van der Waals surface area contributed by atoms with Crippen LogP contribution in [0.4, 0.5) is 0 Å². The molecule has 1 amide bonds. The number of carbonyl (C=O) groups is 1. The Hall–Kier alpha value is -1.11. The molecule has 18 nitrogen and oxygen atoms in total. The van der Waals surface area contributed by atoms with Gasteiger partial charge in [0.15, 0.2) is 12.6 Å². The van der Waals surface area contributed by atoms with Crippen LogP contribution >= 0.6 is 0 Å². The van der Waals surface area contributed by atoms with Crippen molar-refractivity contribution in [1.29, 1.82) is 0 Å². The fraction of sp³-hybridized carbons (Fsp3) is 0.929. The van der Waals surface area contributed by atoms with Crippen molar-refractivity contribution < 1.29 is 78.8 Å². The van der Waals surface area contributed by atoms with Crippen molar-refractivity contribution in [2.24, 2.45) is 0 Å². The minimum absolute atomic E-state index is 0.729. The maximum Gasteiger partial charge on any atom is 0.397 e. The van der Waals surface area contributed by atoms with Crippen molar-refractivity contribution in [3.63, 3.8) is 0 Å². The summed E-state index contributed by atoms with van der Waals surface area (Å²) in [5.41, 5.74) is 0. The number of aliphatic hydroxyl groups is 5. The Labute approximate surface area is 192 Å². The van der Waals surface area contributed by atoms with Gasteiger partial charge in [0.1, 0.15) is 48.8 Å². The van der Waals surface area contributed by atoms with Gasteiger partial charge in [0.25, 0.3) is 0 Å². The highest BCUT2D eigenvalue weighted by atomic mass is 32.3. The van der Waals surface area contributed by atoms with Gasteiger partial charge in [-0.1, -0.05) is 0 Å². The SMILES string of the molecule is CC(=O)NC1C(O)[C@H](O[C@@H]2OC(COS(=O)(=O)O)[C@H](O)C(O)C2O)C(COS(=O)(=O)O)O[C@H]1O. The zero-order valence-electron chi connectivity index (χ0n) is 17.2. The van der Waals surface area contributed by atoms with Crippen LogP contribution in [0.15, 0.2) is 0 Å². The lowest BCUT2D eigenvalue weighted by Crippen LogP contribution is -2.67. The Morgan fingerprint density at radius 2 is 1.35 bits per heavy atom. The molecule has 0 saturated carbocycles. The van der Waals surface area contributed by atoms with Crippen LogP contribution in [0.3, 0.4) is 0 Å². The average molecular weight is 543 g/mol. The maximum atomic E-state index is 11.4. The quantitative estimate of drug-likeness (QED) is 0.126. The van der Waals surface area contributed by atoms with Crippen LogP contribution in [0.1, 0.15) is 6.92 Å². The highest BCUT2D eigenvalue weighted by molar-refractivity contribution is 7.81. The van der Waals surface area contributed by atoms with Crippen LogP contribution in [0.5, 0.6) is 0 Å². The van der Waals surface area contributed by atoms with Crippen molar-refractivity contribution in [2.45, 2.75) is 68.3 Å². The summed E-state index contributed by atoms with van der Waals surface area (Å²) in [6.45, 7) is -1.06. The second-order valence-electron chi connectivity index (χ2n) is 7.32. The molecule has 2 rings (SSSR count). The van der Waals surface area contributed by atoms with Gasteiger partial charge in [-0.2, -0.15) is 16.8 Å². The molecule has 2 fully saturated rings. The number of rotatable bonds is 9. The van der Waals surface area contributed by atoms with Gasteiger partial charge in [-0.25, -0.2) is 8.37 Å². The van der Waals surface area contributed by atoms with E-state index in [-0.39, 0.29) is 0 Å². The van der Waals surface area contributed by atoms with E-state index in [1.165, 1.54) is 0 Å². The number of hydrogen-bond acceptors (Lipinski definition) is 15. The molecule has 8 N–H and O–H groups in total. The predicted molar refractivity (Wildman–Crippen MR) is 101 cm³/mol. The first-order valence-corrected chi connectivity index (χ1v) is 12.1. The first-order valence-electron chi connectivity index (χ1n) is 9.37. The van der Waals surface area contributed by atoms with Crippen LogP contribution in [0.25, 0.3) is 0 Å². The second-order valence-corrected chi connectivity index (χ2v) is 9.50. The van der Waals surface area contributed by atoms with Crippen LogP contribution in [-0.2, 0) is 48.2 Å². The van der Waals surface area contributed by atoms with Gasteiger partial charge < -0.3 is 45.1 Å². The van der Waals surface area contributed by atoms with Crippen molar-refractivity contribution in [3.05, 3.63) is 0 Å². The van der Waals surface area contributed by atoms with Gasteiger partial charge >= 0.3 is 20.8 Å². The molecule has 2 aliphatic heterocycles. The van der Waals surface area contributed by atoms with Gasteiger partial charge in [0.05, 0.1) is 13.2 Å². The lowest BCUT2D eigenvalue weighted by molar-refractivity contribution is -0.344. The summed E-state index contributed by atoms with van der Waals surface area (Å²) in [6.07, 6.45) is -17.0. The highest BCUT2D eigenvalue weighted by Gasteiger charge is 2.51. The topological polar surface area (TPSA) is 285 Å². The van der Waals surface area contributed by atoms with Crippen molar-refractivity contribution in [2.75, 3.05) is 13.2 Å². The number of hydrogen-bond donors (Lipinski definition) is 8. The summed E-state index contributed by atoms with van der Waals surface area (Å²) in [7, 11) is -10.0. The monoisotopic (exact) mass is 543 g/mol. The van der Waals surface area contributed by atoms with E-state index < -0.39 is 101 Å². The standard InChI is InChI=1S/C14H25NO17S2/c1-4(16)15-7-9(18)12(6(30-13(7)21)3-29-34(25,26)27)32-14-11(20)10(19)8(17)5(31-14)2-28-33(22,23)24/h5-14,17-21H,2-3H2,1H3,(H,15,16)(H,22,23,24)(H,25,26,27)/t5?,6?,7?,8-,9?,10?,11?,12+,13+,14-/m0/s1. The third-order valence-electron chi connectivity index (χ3n) is 4.78. The molecule has 0 aliphatic carbocycles. The van der Waals surface area contributed by atoms with Gasteiger partial charge in [-0.15, -0.1) is 0 Å². The molecule has 6 unspecified atom stereocenters. The molecule has 0 bridgehead atoms. The van der Waals surface area contributed by atoms with E-state index in [1.54, 1.807) is 0 Å². The minimum atomic E-state index is -5.02. The molecule has 0 aromatic rings. The van der Waals surface area contributed by atoms with Crippen molar-refractivity contribution in [3.8, 4) is 0 Å². The summed E-state index contributed by atoms with van der Waals surface area (Å²) in [5, 5.41) is 53.1. The molecule has 10 atom stereocenters. The molecular formula is C14H25NO17S2. The molecule has 0 aromatic heterocycles. The molecule has 20 heteroatoms. The fourth-order valence-electron chi connectivity index (χ4n) is 3.26. The Bertz CT molecular complexity index is 911. The van der Waals surface area contributed by atoms with Crippen LogP contribution < -0.4 is 5.32 Å². The van der Waals surface area contributed by atoms with Gasteiger partial charge in [0.2, 0.25) is 5.91 Å². The van der Waals surface area contributed by atoms with E-state index in [0.29, 0.717) is 0 Å². The molecule has 34 heavy (non-hydrogen) atoms. The summed E-state index contributed by atoms with van der Waals surface area (Å²) < 4.78 is 84.7. The smallest absolute Gasteiger partial charge is 0.388 e. The maximum absolute atomic E-state index is 11.4. The third kappa shape index (κ3) is 7.96. The third-order valence-corrected chi connectivity index (χ3v) is 5.65. The number of amides is 1. The van der Waals surface area contributed by atoms with E-state index in [1.807, 2.05) is 0 Å². The van der Waals surface area contributed by atoms with Gasteiger partial charge in [0, 0.05) is 6.92 Å². The number of ether oxygens (including phenoxy) is 3. The molecule has 2 heterocycles. The van der Waals surface area contributed by atoms with E-state index in [9.17, 15) is 47.2 Å². The fourth-order valence-corrected chi connectivity index (χ4v) is 3.87. The van der Waals surface area contributed by atoms with E-state index in [0.717, 1.165) is 6.92 Å². The largest absolute Gasteiger partial charge is 0.397 e. The second kappa shape index (κ2) is 11.3. The van der Waals surface area contributed by atoms with Crippen LogP contribution in [0.2, 0.25) is 0 Å². The molecule has 2 aliphatic rings. The Balaban J connectivity index is 2.27. The van der Waals surface area contributed by atoms with Crippen molar-refractivity contribution >= 4 is 26.7 Å². The van der Waals surface area contributed by atoms with Gasteiger partial charge in [-0.3, -0.25) is 13.9 Å². The van der Waals surface area contributed by atoms with Gasteiger partial charge in [-0.05, 0) is 0 Å². The summed E-state index contributed by atoms with van der Waals surface area (Å²) in [4.78, 5) is 11.4. The molecule has 2 saturated heterocycles. The Kier molecular flexibility index (Phi) is 9.68. The molecule has 200 valence electrons. The van der Waals surface area contributed by atoms with E-state index in [4.69, 9.17) is 23.3 Å².